The Balaban J connectivity index is 1.96. The van der Waals surface area contributed by atoms with Gasteiger partial charge in [0.25, 0.3) is 0 Å². The van der Waals surface area contributed by atoms with Crippen LogP contribution in [-0.4, -0.2) is 30.3 Å². The van der Waals surface area contributed by atoms with E-state index in [0.717, 1.165) is 5.56 Å². The Morgan fingerprint density at radius 1 is 1.23 bits per heavy atom. The van der Waals surface area contributed by atoms with E-state index < -0.39 is 16.1 Å². The quantitative estimate of drug-likeness (QED) is 0.615. The zero-order chi connectivity index (χ0) is 18.6. The predicted octanol–water partition coefficient (Wildman–Crippen LogP) is 2.77. The summed E-state index contributed by atoms with van der Waals surface area (Å²) >= 11 is 3.31. The van der Waals surface area contributed by atoms with Crippen LogP contribution in [0.15, 0.2) is 70.6 Å². The number of rotatable bonds is 7. The molecule has 1 aromatic heterocycles. The minimum Gasteiger partial charge on any atom is -0.495 e. The van der Waals surface area contributed by atoms with Gasteiger partial charge < -0.3 is 4.74 Å². The average Bonchev–Trinajstić information content (AvgIpc) is 3.15. The maximum Gasteiger partial charge on any atom is 0.244 e. The van der Waals surface area contributed by atoms with Crippen LogP contribution >= 0.6 is 15.9 Å². The lowest BCUT2D eigenvalue weighted by atomic mass is 10.1. The van der Waals surface area contributed by atoms with Crippen molar-refractivity contribution < 1.29 is 13.2 Å². The van der Waals surface area contributed by atoms with Gasteiger partial charge in [-0.1, -0.05) is 46.3 Å². The number of nitrogens with zero attached hydrogens (tertiary/aromatic N) is 3. The summed E-state index contributed by atoms with van der Waals surface area (Å²) in [6.07, 6.45) is 2.96. The summed E-state index contributed by atoms with van der Waals surface area (Å²) in [4.78, 5) is 3.97. The van der Waals surface area contributed by atoms with E-state index >= 15 is 0 Å². The van der Waals surface area contributed by atoms with Crippen molar-refractivity contribution in [3.8, 4) is 5.75 Å². The third kappa shape index (κ3) is 4.29. The van der Waals surface area contributed by atoms with Gasteiger partial charge in [0.1, 0.15) is 23.3 Å². The van der Waals surface area contributed by atoms with Crippen LogP contribution in [0.3, 0.4) is 0 Å². The molecule has 0 spiro atoms. The van der Waals surface area contributed by atoms with Crippen molar-refractivity contribution in [3.05, 3.63) is 71.2 Å². The molecule has 2 aromatic carbocycles. The molecule has 0 fully saturated rings. The molecule has 0 bridgehead atoms. The van der Waals surface area contributed by atoms with Crippen LogP contribution in [0, 0.1) is 0 Å². The van der Waals surface area contributed by atoms with Crippen molar-refractivity contribution in [1.82, 2.24) is 19.5 Å². The second kappa shape index (κ2) is 7.98. The van der Waals surface area contributed by atoms with E-state index in [0.29, 0.717) is 11.0 Å². The summed E-state index contributed by atoms with van der Waals surface area (Å²) in [6.45, 7) is 0.305. The Kier molecular flexibility index (Phi) is 5.70. The van der Waals surface area contributed by atoms with Gasteiger partial charge in [-0.15, -0.1) is 0 Å². The monoisotopic (exact) mass is 436 g/mol. The van der Waals surface area contributed by atoms with Crippen LogP contribution in [0.1, 0.15) is 11.6 Å². The molecule has 1 unspecified atom stereocenters. The summed E-state index contributed by atoms with van der Waals surface area (Å²) in [5, 5.41) is 4.07. The SMILES string of the molecule is COc1ccc(Br)cc1S(=O)(=O)NC(Cn1cncn1)c1ccccc1. The first-order valence-electron chi connectivity index (χ1n) is 7.73. The third-order valence-electron chi connectivity index (χ3n) is 3.75. The number of sulfonamides is 1. The summed E-state index contributed by atoms with van der Waals surface area (Å²) in [5.74, 6) is 0.272. The van der Waals surface area contributed by atoms with Crippen molar-refractivity contribution >= 4 is 26.0 Å². The van der Waals surface area contributed by atoms with Gasteiger partial charge >= 0.3 is 0 Å². The topological polar surface area (TPSA) is 86.1 Å². The van der Waals surface area contributed by atoms with Crippen LogP contribution in [0.2, 0.25) is 0 Å². The molecule has 0 aliphatic carbocycles. The molecule has 3 aromatic rings. The lowest BCUT2D eigenvalue weighted by Crippen LogP contribution is -2.32. The Hall–Kier alpha value is -2.23. The summed E-state index contributed by atoms with van der Waals surface area (Å²) in [6, 6.07) is 13.6. The molecule has 0 saturated carbocycles. The van der Waals surface area contributed by atoms with Crippen LogP contribution in [0.5, 0.6) is 5.75 Å². The fourth-order valence-electron chi connectivity index (χ4n) is 2.52. The molecule has 1 heterocycles. The molecular weight excluding hydrogens is 420 g/mol. The van der Waals surface area contributed by atoms with Crippen molar-refractivity contribution in [1.29, 1.82) is 0 Å². The zero-order valence-electron chi connectivity index (χ0n) is 13.9. The Morgan fingerprint density at radius 3 is 2.65 bits per heavy atom. The predicted molar refractivity (Wildman–Crippen MR) is 100 cm³/mol. The molecule has 0 saturated heterocycles. The number of methoxy groups -OCH3 is 1. The normalized spacial score (nSPS) is 12.7. The van der Waals surface area contributed by atoms with E-state index in [1.165, 1.54) is 19.5 Å². The minimum atomic E-state index is -3.84. The number of halogens is 1. The van der Waals surface area contributed by atoms with E-state index in [1.807, 2.05) is 30.3 Å². The third-order valence-corrected chi connectivity index (χ3v) is 5.74. The molecule has 1 atom stereocenters. The first-order valence-corrected chi connectivity index (χ1v) is 10.0. The van der Waals surface area contributed by atoms with Gasteiger partial charge in [-0.05, 0) is 23.8 Å². The van der Waals surface area contributed by atoms with Crippen molar-refractivity contribution in [3.63, 3.8) is 0 Å². The summed E-state index contributed by atoms with van der Waals surface area (Å²) in [5.41, 5.74) is 0.820. The second-order valence-corrected chi connectivity index (χ2v) is 8.10. The molecule has 1 N–H and O–H groups in total. The first-order chi connectivity index (χ1) is 12.5. The molecule has 0 aliphatic heterocycles. The highest BCUT2D eigenvalue weighted by molar-refractivity contribution is 9.10. The lowest BCUT2D eigenvalue weighted by Gasteiger charge is -2.20. The number of nitrogens with one attached hydrogen (secondary N) is 1. The smallest absolute Gasteiger partial charge is 0.244 e. The van der Waals surface area contributed by atoms with Crippen LogP contribution in [-0.2, 0) is 16.6 Å². The second-order valence-electron chi connectivity index (χ2n) is 5.50. The van der Waals surface area contributed by atoms with Gasteiger partial charge in [0, 0.05) is 4.47 Å². The maximum absolute atomic E-state index is 13.0. The van der Waals surface area contributed by atoms with Gasteiger partial charge in [-0.3, -0.25) is 4.68 Å². The van der Waals surface area contributed by atoms with Crippen molar-refractivity contribution in [2.24, 2.45) is 0 Å². The van der Waals surface area contributed by atoms with E-state index in [9.17, 15) is 8.42 Å². The van der Waals surface area contributed by atoms with Crippen LogP contribution in [0.25, 0.3) is 0 Å². The number of aromatic nitrogens is 3. The van der Waals surface area contributed by atoms with Gasteiger partial charge in [0.2, 0.25) is 10.0 Å². The van der Waals surface area contributed by atoms with E-state index in [1.54, 1.807) is 23.1 Å². The Labute approximate surface area is 160 Å². The van der Waals surface area contributed by atoms with Crippen molar-refractivity contribution in [2.75, 3.05) is 7.11 Å². The molecule has 7 nitrogen and oxygen atoms in total. The molecule has 26 heavy (non-hydrogen) atoms. The maximum atomic E-state index is 13.0. The van der Waals surface area contributed by atoms with Crippen LogP contribution < -0.4 is 9.46 Å². The Morgan fingerprint density at radius 2 is 2.00 bits per heavy atom. The molecule has 0 radical (unpaired) electrons. The molecule has 9 heteroatoms. The highest BCUT2D eigenvalue weighted by atomic mass is 79.9. The number of ether oxygens (including phenoxy) is 1. The highest BCUT2D eigenvalue weighted by Gasteiger charge is 2.25. The Bertz CT molecular complexity index is 963. The standard InChI is InChI=1S/C17H17BrN4O3S/c1-25-16-8-7-14(18)9-17(16)26(23,24)21-15(10-22-12-19-11-20-22)13-5-3-2-4-6-13/h2-9,11-12,15,21H,10H2,1H3. The largest absolute Gasteiger partial charge is 0.495 e. The number of hydrogen-bond acceptors (Lipinski definition) is 5. The number of benzene rings is 2. The van der Waals surface area contributed by atoms with Crippen molar-refractivity contribution in [2.45, 2.75) is 17.5 Å². The van der Waals surface area contributed by atoms with Gasteiger partial charge in [-0.2, -0.15) is 5.10 Å². The lowest BCUT2D eigenvalue weighted by molar-refractivity contribution is 0.401. The number of hydrogen-bond donors (Lipinski definition) is 1. The fourth-order valence-corrected chi connectivity index (χ4v) is 4.44. The van der Waals surface area contributed by atoms with E-state index in [-0.39, 0.29) is 10.6 Å². The molecular formula is C17H17BrN4O3S. The minimum absolute atomic E-state index is 0.0638. The summed E-state index contributed by atoms with van der Waals surface area (Å²) < 4.78 is 36.2. The van der Waals surface area contributed by atoms with Crippen LogP contribution in [0.4, 0.5) is 0 Å². The highest BCUT2D eigenvalue weighted by Crippen LogP contribution is 2.28. The summed E-state index contributed by atoms with van der Waals surface area (Å²) in [7, 11) is -2.41. The molecule has 0 aliphatic rings. The average molecular weight is 437 g/mol. The van der Waals surface area contributed by atoms with E-state index in [2.05, 4.69) is 30.7 Å². The van der Waals surface area contributed by atoms with Gasteiger partial charge in [0.05, 0.1) is 19.7 Å². The molecule has 0 amide bonds. The molecule has 136 valence electrons. The zero-order valence-corrected chi connectivity index (χ0v) is 16.3. The van der Waals surface area contributed by atoms with E-state index in [4.69, 9.17) is 4.74 Å². The van der Waals surface area contributed by atoms with Gasteiger partial charge in [-0.25, -0.2) is 18.1 Å². The van der Waals surface area contributed by atoms with Gasteiger partial charge in [0.15, 0.2) is 0 Å². The first kappa shape index (κ1) is 18.6. The fraction of sp³-hybridized carbons (Fsp3) is 0.176. The molecule has 3 rings (SSSR count).